The Labute approximate surface area is 221 Å². The van der Waals surface area contributed by atoms with Crippen molar-refractivity contribution in [2.24, 2.45) is 17.8 Å². The molecule has 4 aliphatic carbocycles. The zero-order chi connectivity index (χ0) is 25.1. The lowest BCUT2D eigenvalue weighted by atomic mass is 9.80. The molecule has 3 atom stereocenters. The fraction of sp³-hybridized carbons (Fsp3) is 0.500. The summed E-state index contributed by atoms with van der Waals surface area (Å²) in [5.41, 5.74) is 4.68. The number of carbonyl (C=O) groups excluding carboxylic acids is 3. The normalized spacial score (nSPS) is 31.8. The third-order valence-corrected chi connectivity index (χ3v) is 10.8. The highest BCUT2D eigenvalue weighted by atomic mass is 32.2. The molecule has 7 heteroatoms. The van der Waals surface area contributed by atoms with Gasteiger partial charge in [-0.3, -0.25) is 19.7 Å². The maximum atomic E-state index is 13.1. The lowest BCUT2D eigenvalue weighted by molar-refractivity contribution is -0.136. The van der Waals surface area contributed by atoms with Gasteiger partial charge in [-0.1, -0.05) is 30.3 Å². The van der Waals surface area contributed by atoms with Crippen molar-refractivity contribution >= 4 is 29.5 Å². The Morgan fingerprint density at radius 3 is 2.49 bits per heavy atom. The molecule has 2 aromatic rings. The summed E-state index contributed by atoms with van der Waals surface area (Å²) in [6.07, 6.45) is 7.78. The molecule has 4 bridgehead atoms. The molecule has 3 amide bonds. The van der Waals surface area contributed by atoms with Crippen LogP contribution in [0.25, 0.3) is 0 Å². The zero-order valence-corrected chi connectivity index (χ0v) is 21.8. The van der Waals surface area contributed by atoms with Crippen molar-refractivity contribution in [2.75, 3.05) is 0 Å². The van der Waals surface area contributed by atoms with Gasteiger partial charge in [0.25, 0.3) is 5.91 Å². The monoisotopic (exact) mass is 515 g/mol. The largest absolute Gasteiger partial charge is 0.322 e. The Hall–Kier alpha value is -2.64. The molecule has 4 saturated carbocycles. The Morgan fingerprint density at radius 2 is 1.73 bits per heavy atom. The standard InChI is InChI=1S/C30H33N3O3S/c34-27-9-8-25(28(35)32-27)33-16-24-23(29(33)36)2-1-3-26(24)37-17-19-6-4-18(5-7-19)15-31-30-13-20-10-21(14-30)12-22(30)11-20/h1-7,20-22,25,31H,8-17H2,(H,32,34,35). The van der Waals surface area contributed by atoms with Crippen molar-refractivity contribution in [2.45, 2.75) is 80.3 Å². The maximum Gasteiger partial charge on any atom is 0.255 e. The van der Waals surface area contributed by atoms with Gasteiger partial charge in [0, 0.05) is 41.3 Å². The summed E-state index contributed by atoms with van der Waals surface area (Å²) < 4.78 is 0. The van der Waals surface area contributed by atoms with Crippen LogP contribution >= 0.6 is 11.8 Å². The number of amides is 3. The average Bonchev–Trinajstić information content (AvgIpc) is 3.44. The Balaban J connectivity index is 0.981. The van der Waals surface area contributed by atoms with Crippen LogP contribution in [0.1, 0.15) is 72.0 Å². The third kappa shape index (κ3) is 4.11. The van der Waals surface area contributed by atoms with Gasteiger partial charge in [0.05, 0.1) is 0 Å². The van der Waals surface area contributed by atoms with Crippen molar-refractivity contribution < 1.29 is 14.4 Å². The summed E-state index contributed by atoms with van der Waals surface area (Å²) >= 11 is 1.74. The highest BCUT2D eigenvalue weighted by Gasteiger charge is 2.57. The van der Waals surface area contributed by atoms with Gasteiger partial charge in [-0.25, -0.2) is 0 Å². The van der Waals surface area contributed by atoms with Gasteiger partial charge in [-0.05, 0) is 85.1 Å². The van der Waals surface area contributed by atoms with Gasteiger partial charge in [-0.2, -0.15) is 0 Å². The lowest BCUT2D eigenvalue weighted by Gasteiger charge is -2.34. The molecule has 5 fully saturated rings. The Morgan fingerprint density at radius 1 is 0.973 bits per heavy atom. The predicted octanol–water partition coefficient (Wildman–Crippen LogP) is 4.41. The fourth-order valence-electron chi connectivity index (χ4n) is 7.97. The van der Waals surface area contributed by atoms with Crippen molar-refractivity contribution in [3.8, 4) is 0 Å². The molecule has 2 aliphatic heterocycles. The number of fused-ring (bicyclic) bond motifs is 1. The number of imide groups is 1. The van der Waals surface area contributed by atoms with Crippen LogP contribution in [0.2, 0.25) is 0 Å². The van der Waals surface area contributed by atoms with Crippen LogP contribution in [0.3, 0.4) is 0 Å². The minimum atomic E-state index is -0.578. The summed E-state index contributed by atoms with van der Waals surface area (Å²) in [7, 11) is 0. The number of hydrogen-bond acceptors (Lipinski definition) is 5. The molecule has 8 rings (SSSR count). The quantitative estimate of drug-likeness (QED) is 0.422. The highest BCUT2D eigenvalue weighted by molar-refractivity contribution is 7.98. The maximum absolute atomic E-state index is 13.1. The van der Waals surface area contributed by atoms with Crippen molar-refractivity contribution in [3.63, 3.8) is 0 Å². The number of benzene rings is 2. The van der Waals surface area contributed by atoms with Crippen LogP contribution in [-0.4, -0.2) is 34.2 Å². The topological polar surface area (TPSA) is 78.5 Å². The Bertz CT molecular complexity index is 1260. The van der Waals surface area contributed by atoms with E-state index in [4.69, 9.17) is 0 Å². The molecule has 3 unspecified atom stereocenters. The van der Waals surface area contributed by atoms with Crippen LogP contribution in [0.4, 0.5) is 0 Å². The van der Waals surface area contributed by atoms with Crippen LogP contribution < -0.4 is 10.6 Å². The van der Waals surface area contributed by atoms with Crippen LogP contribution in [0.5, 0.6) is 0 Å². The van der Waals surface area contributed by atoms with E-state index in [2.05, 4.69) is 41.0 Å². The van der Waals surface area contributed by atoms with E-state index < -0.39 is 6.04 Å². The first-order valence-corrected chi connectivity index (χ1v) is 14.7. The van der Waals surface area contributed by atoms with Gasteiger partial charge in [0.2, 0.25) is 11.8 Å². The Kier molecular flexibility index (Phi) is 5.70. The molecule has 1 saturated heterocycles. The van der Waals surface area contributed by atoms with Crippen LogP contribution in [0, 0.1) is 17.8 Å². The van der Waals surface area contributed by atoms with Crippen molar-refractivity contribution in [1.82, 2.24) is 15.5 Å². The minimum Gasteiger partial charge on any atom is -0.322 e. The van der Waals surface area contributed by atoms with E-state index in [0.717, 1.165) is 40.5 Å². The van der Waals surface area contributed by atoms with E-state index in [-0.39, 0.29) is 24.1 Å². The molecule has 0 spiro atoms. The summed E-state index contributed by atoms with van der Waals surface area (Å²) in [6.45, 7) is 1.37. The van der Waals surface area contributed by atoms with E-state index in [0.29, 0.717) is 24.1 Å². The van der Waals surface area contributed by atoms with E-state index in [9.17, 15) is 14.4 Å². The number of piperidine rings is 1. The second kappa shape index (κ2) is 8.98. The van der Waals surface area contributed by atoms with Crippen LogP contribution in [-0.2, 0) is 28.4 Å². The summed E-state index contributed by atoms with van der Waals surface area (Å²) in [6, 6.07) is 14.2. The molecule has 2 heterocycles. The third-order valence-electron chi connectivity index (χ3n) is 9.59. The molecule has 2 N–H and O–H groups in total. The molecule has 2 aromatic carbocycles. The molecular weight excluding hydrogens is 482 g/mol. The van der Waals surface area contributed by atoms with Crippen molar-refractivity contribution in [1.29, 1.82) is 0 Å². The number of nitrogens with zero attached hydrogens (tertiary/aromatic N) is 1. The van der Waals surface area contributed by atoms with Gasteiger partial charge in [0.15, 0.2) is 0 Å². The van der Waals surface area contributed by atoms with Crippen LogP contribution in [0.15, 0.2) is 47.4 Å². The second-order valence-electron chi connectivity index (χ2n) is 11.8. The molecular formula is C30H33N3O3S. The number of thioether (sulfide) groups is 1. The van der Waals surface area contributed by atoms with E-state index in [1.54, 1.807) is 16.7 Å². The first-order chi connectivity index (χ1) is 18.0. The first-order valence-electron chi connectivity index (χ1n) is 13.7. The fourth-order valence-corrected chi connectivity index (χ4v) is 9.01. The molecule has 0 aromatic heterocycles. The summed E-state index contributed by atoms with van der Waals surface area (Å²) in [5, 5.41) is 6.37. The number of nitrogens with one attached hydrogen (secondary N) is 2. The SMILES string of the molecule is O=C1CCC(N2Cc3c(SCc4ccc(CNC56CC7CC(CC5C7)C6)cc4)cccc3C2=O)C(=O)N1. The minimum absolute atomic E-state index is 0.118. The van der Waals surface area contributed by atoms with Gasteiger partial charge >= 0.3 is 0 Å². The molecule has 6 nitrogen and oxygen atoms in total. The van der Waals surface area contributed by atoms with Gasteiger partial charge in [-0.15, -0.1) is 11.8 Å². The predicted molar refractivity (Wildman–Crippen MR) is 142 cm³/mol. The smallest absolute Gasteiger partial charge is 0.255 e. The zero-order valence-electron chi connectivity index (χ0n) is 21.0. The van der Waals surface area contributed by atoms with Gasteiger partial charge in [0.1, 0.15) is 6.04 Å². The number of rotatable bonds is 7. The van der Waals surface area contributed by atoms with E-state index in [1.807, 2.05) is 12.1 Å². The average molecular weight is 516 g/mol. The van der Waals surface area contributed by atoms with Gasteiger partial charge < -0.3 is 10.2 Å². The first kappa shape index (κ1) is 23.5. The lowest BCUT2D eigenvalue weighted by Crippen LogP contribution is -2.52. The highest BCUT2D eigenvalue weighted by Crippen LogP contribution is 2.60. The number of carbonyl (C=O) groups is 3. The molecule has 37 heavy (non-hydrogen) atoms. The summed E-state index contributed by atoms with van der Waals surface area (Å²) in [5.74, 6) is 2.91. The molecule has 6 aliphatic rings. The second-order valence-corrected chi connectivity index (χ2v) is 12.9. The molecule has 192 valence electrons. The van der Waals surface area contributed by atoms with E-state index in [1.165, 1.54) is 43.2 Å². The summed E-state index contributed by atoms with van der Waals surface area (Å²) in [4.78, 5) is 39.7. The number of hydrogen-bond donors (Lipinski definition) is 2. The van der Waals surface area contributed by atoms with Crippen molar-refractivity contribution in [3.05, 3.63) is 64.7 Å². The van der Waals surface area contributed by atoms with E-state index >= 15 is 0 Å². The molecule has 0 radical (unpaired) electrons.